The molecule has 2 aliphatic rings. The molecule has 1 aliphatic heterocycles. The molecule has 2 aromatic carbocycles. The molecule has 0 saturated heterocycles. The molecule has 2 unspecified atom stereocenters. The monoisotopic (exact) mass is 431 g/mol. The Morgan fingerprint density at radius 3 is 2.62 bits per heavy atom. The molecule has 1 aliphatic carbocycles. The van der Waals surface area contributed by atoms with Crippen molar-refractivity contribution in [3.05, 3.63) is 88.8 Å². The van der Waals surface area contributed by atoms with Crippen LogP contribution in [0.1, 0.15) is 41.3 Å². The number of rotatable bonds is 6. The number of hydrogen-bond donors (Lipinski definition) is 0. The molecule has 0 spiro atoms. The van der Waals surface area contributed by atoms with Crippen molar-refractivity contribution >= 4 is 11.8 Å². The molecular formula is C27H29NO4. The first-order valence-electron chi connectivity index (χ1n) is 11.0. The minimum absolute atomic E-state index is 0.126. The van der Waals surface area contributed by atoms with Crippen molar-refractivity contribution in [1.29, 1.82) is 0 Å². The van der Waals surface area contributed by atoms with Gasteiger partial charge in [0.15, 0.2) is 5.78 Å². The molecule has 0 bridgehead atoms. The van der Waals surface area contributed by atoms with Crippen LogP contribution in [0.2, 0.25) is 0 Å². The third-order valence-electron chi connectivity index (χ3n) is 6.54. The van der Waals surface area contributed by atoms with Crippen molar-refractivity contribution in [2.75, 3.05) is 14.2 Å². The van der Waals surface area contributed by atoms with E-state index in [-0.39, 0.29) is 23.6 Å². The van der Waals surface area contributed by atoms with E-state index in [1.807, 2.05) is 55.6 Å². The number of carbonyl (C=O) groups is 2. The van der Waals surface area contributed by atoms with E-state index in [1.165, 1.54) is 7.11 Å². The molecule has 0 amide bonds. The number of nitrogens with zero attached hydrogens (tertiary/aromatic N) is 1. The van der Waals surface area contributed by atoms with Gasteiger partial charge in [0.05, 0.1) is 19.8 Å². The summed E-state index contributed by atoms with van der Waals surface area (Å²) in [5.74, 6) is 0.316. The van der Waals surface area contributed by atoms with Crippen LogP contribution < -0.4 is 4.74 Å². The summed E-state index contributed by atoms with van der Waals surface area (Å²) in [5, 5.41) is 0. The fourth-order valence-electron chi connectivity index (χ4n) is 4.75. The van der Waals surface area contributed by atoms with E-state index in [0.717, 1.165) is 41.0 Å². The molecule has 2 aromatic rings. The van der Waals surface area contributed by atoms with E-state index in [1.54, 1.807) is 7.11 Å². The van der Waals surface area contributed by atoms with Crippen LogP contribution in [0.5, 0.6) is 5.75 Å². The zero-order chi connectivity index (χ0) is 22.7. The SMILES string of the molecule is COC(=O)C1=C(C)N(Cc2ccccc2)C=CC1CC1CCc2cc(OC)ccc2C1=O. The lowest BCUT2D eigenvalue weighted by atomic mass is 9.76. The lowest BCUT2D eigenvalue weighted by Gasteiger charge is -2.33. The summed E-state index contributed by atoms with van der Waals surface area (Å²) in [5.41, 5.74) is 4.49. The van der Waals surface area contributed by atoms with E-state index in [4.69, 9.17) is 9.47 Å². The molecule has 0 saturated carbocycles. The minimum Gasteiger partial charge on any atom is -0.497 e. The van der Waals surface area contributed by atoms with E-state index in [9.17, 15) is 9.59 Å². The number of hydrogen-bond acceptors (Lipinski definition) is 5. The fraction of sp³-hybridized carbons (Fsp3) is 0.333. The first-order chi connectivity index (χ1) is 15.5. The molecule has 1 heterocycles. The van der Waals surface area contributed by atoms with Crippen LogP contribution in [-0.4, -0.2) is 30.9 Å². The summed E-state index contributed by atoms with van der Waals surface area (Å²) in [6.45, 7) is 2.63. The van der Waals surface area contributed by atoms with Crippen molar-refractivity contribution in [3.8, 4) is 5.75 Å². The van der Waals surface area contributed by atoms with E-state index < -0.39 is 0 Å². The summed E-state index contributed by atoms with van der Waals surface area (Å²) in [4.78, 5) is 28.0. The Labute approximate surface area is 189 Å². The molecule has 5 nitrogen and oxygen atoms in total. The molecule has 2 atom stereocenters. The summed E-state index contributed by atoms with van der Waals surface area (Å²) in [6.07, 6.45) is 6.27. The highest BCUT2D eigenvalue weighted by molar-refractivity contribution is 6.00. The molecule has 0 aromatic heterocycles. The number of esters is 1. The number of methoxy groups -OCH3 is 2. The zero-order valence-electron chi connectivity index (χ0n) is 18.8. The van der Waals surface area contributed by atoms with Crippen LogP contribution in [-0.2, 0) is 22.5 Å². The van der Waals surface area contributed by atoms with Crippen molar-refractivity contribution < 1.29 is 19.1 Å². The summed E-state index contributed by atoms with van der Waals surface area (Å²) in [6, 6.07) is 15.8. The first kappa shape index (κ1) is 21.9. The van der Waals surface area contributed by atoms with Gasteiger partial charge in [-0.1, -0.05) is 36.4 Å². The van der Waals surface area contributed by atoms with Crippen LogP contribution in [0.4, 0.5) is 0 Å². The Hall–Kier alpha value is -3.34. The molecule has 32 heavy (non-hydrogen) atoms. The largest absolute Gasteiger partial charge is 0.497 e. The molecule has 0 fully saturated rings. The Kier molecular flexibility index (Phi) is 6.45. The molecule has 4 rings (SSSR count). The maximum Gasteiger partial charge on any atom is 0.336 e. The summed E-state index contributed by atoms with van der Waals surface area (Å²) >= 11 is 0. The quantitative estimate of drug-likeness (QED) is 0.608. The van der Waals surface area contributed by atoms with Gasteiger partial charge in [-0.05, 0) is 55.5 Å². The van der Waals surface area contributed by atoms with Crippen molar-refractivity contribution in [2.24, 2.45) is 11.8 Å². The highest BCUT2D eigenvalue weighted by Crippen LogP contribution is 2.37. The number of Topliss-reactive ketones (excluding diaryl/α,β-unsaturated/α-hetero) is 1. The molecule has 0 N–H and O–H groups in total. The van der Waals surface area contributed by atoms with E-state index in [2.05, 4.69) is 17.0 Å². The highest BCUT2D eigenvalue weighted by Gasteiger charge is 2.34. The van der Waals surface area contributed by atoms with Crippen LogP contribution in [0.25, 0.3) is 0 Å². The van der Waals surface area contributed by atoms with Gasteiger partial charge in [0.2, 0.25) is 0 Å². The van der Waals surface area contributed by atoms with Gasteiger partial charge in [-0.15, -0.1) is 0 Å². The van der Waals surface area contributed by atoms with Crippen molar-refractivity contribution in [2.45, 2.75) is 32.7 Å². The Balaban J connectivity index is 1.56. The maximum atomic E-state index is 13.2. The zero-order valence-corrected chi connectivity index (χ0v) is 18.8. The number of allylic oxidation sites excluding steroid dienone is 2. The van der Waals surface area contributed by atoms with Crippen LogP contribution >= 0.6 is 0 Å². The third-order valence-corrected chi connectivity index (χ3v) is 6.54. The van der Waals surface area contributed by atoms with Gasteiger partial charge in [0.1, 0.15) is 5.75 Å². The molecular weight excluding hydrogens is 402 g/mol. The standard InChI is InChI=1S/C27H29NO4/c1-18-25(27(30)32-3)21(13-14-28(18)17-19-7-5-4-6-8-19)15-22-10-9-20-16-23(31-2)11-12-24(20)26(22)29/h4-8,11-14,16,21-22H,9-10,15,17H2,1-3H3. The second-order valence-electron chi connectivity index (χ2n) is 8.41. The van der Waals surface area contributed by atoms with Gasteiger partial charge < -0.3 is 14.4 Å². The molecule has 166 valence electrons. The van der Waals surface area contributed by atoms with Gasteiger partial charge in [-0.25, -0.2) is 4.79 Å². The summed E-state index contributed by atoms with van der Waals surface area (Å²) < 4.78 is 10.4. The predicted octanol–water partition coefficient (Wildman–Crippen LogP) is 4.92. The van der Waals surface area contributed by atoms with Gasteiger partial charge in [-0.3, -0.25) is 4.79 Å². The average Bonchev–Trinajstić information content (AvgIpc) is 2.82. The number of aryl methyl sites for hydroxylation is 1. The number of benzene rings is 2. The lowest BCUT2D eigenvalue weighted by Crippen LogP contribution is -2.31. The van der Waals surface area contributed by atoms with Crippen molar-refractivity contribution in [1.82, 2.24) is 4.90 Å². The Morgan fingerprint density at radius 2 is 1.91 bits per heavy atom. The van der Waals surface area contributed by atoms with E-state index >= 15 is 0 Å². The number of ketones is 1. The summed E-state index contributed by atoms with van der Waals surface area (Å²) in [7, 11) is 3.05. The normalized spacial score (nSPS) is 20.2. The second-order valence-corrected chi connectivity index (χ2v) is 8.41. The highest BCUT2D eigenvalue weighted by atomic mass is 16.5. The first-order valence-corrected chi connectivity index (χ1v) is 11.0. The smallest absolute Gasteiger partial charge is 0.336 e. The molecule has 0 radical (unpaired) electrons. The van der Waals surface area contributed by atoms with Gasteiger partial charge in [0.25, 0.3) is 0 Å². The van der Waals surface area contributed by atoms with Crippen LogP contribution in [0, 0.1) is 11.8 Å². The van der Waals surface area contributed by atoms with Crippen molar-refractivity contribution in [3.63, 3.8) is 0 Å². The third kappa shape index (κ3) is 4.33. The Bertz CT molecular complexity index is 1070. The number of ether oxygens (including phenoxy) is 2. The van der Waals surface area contributed by atoms with Crippen LogP contribution in [0.15, 0.2) is 72.1 Å². The lowest BCUT2D eigenvalue weighted by molar-refractivity contribution is -0.136. The average molecular weight is 432 g/mol. The van der Waals surface area contributed by atoms with Gasteiger partial charge >= 0.3 is 5.97 Å². The number of carbonyl (C=O) groups excluding carboxylic acids is 2. The topological polar surface area (TPSA) is 55.8 Å². The van der Waals surface area contributed by atoms with E-state index in [0.29, 0.717) is 18.5 Å². The minimum atomic E-state index is -0.330. The Morgan fingerprint density at radius 1 is 1.12 bits per heavy atom. The molecule has 5 heteroatoms. The predicted molar refractivity (Wildman–Crippen MR) is 123 cm³/mol. The number of fused-ring (bicyclic) bond motifs is 1. The fourth-order valence-corrected chi connectivity index (χ4v) is 4.75. The maximum absolute atomic E-state index is 13.2. The van der Waals surface area contributed by atoms with Gasteiger partial charge in [0, 0.05) is 35.8 Å². The van der Waals surface area contributed by atoms with Gasteiger partial charge in [-0.2, -0.15) is 0 Å². The second kappa shape index (κ2) is 9.43. The van der Waals surface area contributed by atoms with Crippen LogP contribution in [0.3, 0.4) is 0 Å².